The number of nitrogens with zero attached hydrogens (tertiary/aromatic N) is 2. The van der Waals surface area contributed by atoms with Crippen molar-refractivity contribution >= 4 is 27.5 Å². The zero-order valence-corrected chi connectivity index (χ0v) is 23.4. The molecule has 1 atom stereocenters. The fraction of sp³-hybridized carbons (Fsp3) is 0.310. The number of amides is 2. The third-order valence-corrected chi connectivity index (χ3v) is 8.02. The molecule has 0 heterocycles. The summed E-state index contributed by atoms with van der Waals surface area (Å²) in [4.78, 5) is 27.9. The number of hydrogen-bond donors (Lipinski definition) is 1. The van der Waals surface area contributed by atoms with Crippen LogP contribution in [0, 0.1) is 12.7 Å². The first kappa shape index (κ1) is 29.6. The predicted octanol–water partition coefficient (Wildman–Crippen LogP) is 4.28. The maximum Gasteiger partial charge on any atom is 0.264 e. The molecule has 1 N–H and O–H groups in total. The highest BCUT2D eigenvalue weighted by molar-refractivity contribution is 7.92. The molecular formula is C29H34FN3O5S. The quantitative estimate of drug-likeness (QED) is 0.360. The van der Waals surface area contributed by atoms with Gasteiger partial charge in [0.1, 0.15) is 24.2 Å². The smallest absolute Gasteiger partial charge is 0.264 e. The summed E-state index contributed by atoms with van der Waals surface area (Å²) in [7, 11) is -4.26. The van der Waals surface area contributed by atoms with Gasteiger partial charge >= 0.3 is 0 Å². The number of halogens is 1. The number of anilines is 1. The van der Waals surface area contributed by atoms with Crippen molar-refractivity contribution in [1.82, 2.24) is 10.2 Å². The van der Waals surface area contributed by atoms with Gasteiger partial charge in [0, 0.05) is 13.1 Å². The van der Waals surface area contributed by atoms with Crippen LogP contribution in [-0.2, 0) is 26.2 Å². The van der Waals surface area contributed by atoms with Gasteiger partial charge in [-0.3, -0.25) is 13.9 Å². The number of carbonyl (C=O) groups excluding carboxylic acids is 2. The lowest BCUT2D eigenvalue weighted by molar-refractivity contribution is -0.139. The highest BCUT2D eigenvalue weighted by Gasteiger charge is 2.32. The van der Waals surface area contributed by atoms with Gasteiger partial charge in [-0.2, -0.15) is 0 Å². The Labute approximate surface area is 229 Å². The van der Waals surface area contributed by atoms with Crippen LogP contribution in [0.3, 0.4) is 0 Å². The molecule has 0 fully saturated rings. The number of hydrogen-bond acceptors (Lipinski definition) is 5. The molecule has 3 rings (SSSR count). The number of carbonyl (C=O) groups is 2. The highest BCUT2D eigenvalue weighted by Crippen LogP contribution is 2.26. The van der Waals surface area contributed by atoms with E-state index in [0.29, 0.717) is 18.9 Å². The fourth-order valence-electron chi connectivity index (χ4n) is 4.01. The molecule has 3 aromatic rings. The molecule has 0 saturated heterocycles. The number of nitrogens with one attached hydrogen (secondary N) is 1. The van der Waals surface area contributed by atoms with Gasteiger partial charge in [0.2, 0.25) is 11.8 Å². The molecule has 0 aromatic heterocycles. The Morgan fingerprint density at radius 1 is 0.974 bits per heavy atom. The lowest BCUT2D eigenvalue weighted by Crippen LogP contribution is -2.51. The Hall–Kier alpha value is -3.92. The van der Waals surface area contributed by atoms with Crippen LogP contribution < -0.4 is 14.4 Å². The van der Waals surface area contributed by atoms with E-state index >= 15 is 0 Å². The Morgan fingerprint density at radius 2 is 1.62 bits per heavy atom. The largest absolute Gasteiger partial charge is 0.494 e. The molecule has 0 aliphatic carbocycles. The van der Waals surface area contributed by atoms with Crippen molar-refractivity contribution in [2.45, 2.75) is 45.2 Å². The monoisotopic (exact) mass is 555 g/mol. The molecule has 0 saturated carbocycles. The van der Waals surface area contributed by atoms with Crippen molar-refractivity contribution in [3.05, 3.63) is 89.7 Å². The fourth-order valence-corrected chi connectivity index (χ4v) is 5.43. The Balaban J connectivity index is 2.02. The lowest BCUT2D eigenvalue weighted by Gasteiger charge is -2.32. The first-order valence-electron chi connectivity index (χ1n) is 12.7. The minimum atomic E-state index is -4.26. The normalized spacial score (nSPS) is 11.9. The predicted molar refractivity (Wildman–Crippen MR) is 148 cm³/mol. The molecule has 0 unspecified atom stereocenters. The van der Waals surface area contributed by atoms with E-state index in [0.717, 1.165) is 27.6 Å². The van der Waals surface area contributed by atoms with Crippen LogP contribution in [0.15, 0.2) is 77.7 Å². The summed E-state index contributed by atoms with van der Waals surface area (Å²) in [6, 6.07) is 17.3. The molecule has 0 spiro atoms. The second-order valence-electron chi connectivity index (χ2n) is 8.91. The van der Waals surface area contributed by atoms with Crippen LogP contribution in [0.1, 0.15) is 31.9 Å². The molecule has 0 radical (unpaired) electrons. The van der Waals surface area contributed by atoms with Gasteiger partial charge in [0.15, 0.2) is 0 Å². The number of ether oxygens (including phenoxy) is 1. The van der Waals surface area contributed by atoms with E-state index in [1.54, 1.807) is 13.8 Å². The topological polar surface area (TPSA) is 96.0 Å². The number of benzene rings is 3. The third-order valence-electron chi connectivity index (χ3n) is 6.24. The molecule has 8 nitrogen and oxygen atoms in total. The SMILES string of the molecule is CCNC(=O)[C@H](C)N(Cc1ccccc1C)C(=O)CN(c1ccc(F)cc1)S(=O)(=O)c1ccc(OCC)cc1. The van der Waals surface area contributed by atoms with E-state index in [1.807, 2.05) is 38.1 Å². The van der Waals surface area contributed by atoms with Crippen LogP contribution in [-0.4, -0.2) is 50.9 Å². The molecule has 39 heavy (non-hydrogen) atoms. The minimum absolute atomic E-state index is 0.0645. The first-order chi connectivity index (χ1) is 18.6. The second kappa shape index (κ2) is 13.2. The van der Waals surface area contributed by atoms with Gasteiger partial charge in [-0.25, -0.2) is 12.8 Å². The lowest BCUT2D eigenvalue weighted by atomic mass is 10.1. The third kappa shape index (κ3) is 7.35. The first-order valence-corrected chi connectivity index (χ1v) is 14.1. The van der Waals surface area contributed by atoms with Crippen molar-refractivity contribution in [3.63, 3.8) is 0 Å². The molecular weight excluding hydrogens is 521 g/mol. The summed E-state index contributed by atoms with van der Waals surface area (Å²) in [5.74, 6) is -0.992. The van der Waals surface area contributed by atoms with E-state index in [2.05, 4.69) is 5.32 Å². The molecule has 208 valence electrons. The minimum Gasteiger partial charge on any atom is -0.494 e. The summed E-state index contributed by atoms with van der Waals surface area (Å²) in [5.41, 5.74) is 1.86. The summed E-state index contributed by atoms with van der Waals surface area (Å²) in [5, 5.41) is 2.73. The summed E-state index contributed by atoms with van der Waals surface area (Å²) >= 11 is 0. The van der Waals surface area contributed by atoms with E-state index in [1.165, 1.54) is 41.3 Å². The molecule has 0 aliphatic rings. The number of rotatable bonds is 12. The van der Waals surface area contributed by atoms with Gasteiger partial charge in [-0.1, -0.05) is 24.3 Å². The molecule has 2 amide bonds. The number of likely N-dealkylation sites (N-methyl/N-ethyl adjacent to an activating group) is 1. The maximum absolute atomic E-state index is 13.8. The summed E-state index contributed by atoms with van der Waals surface area (Å²) in [6.07, 6.45) is 0. The van der Waals surface area contributed by atoms with Crippen molar-refractivity contribution in [2.75, 3.05) is 24.0 Å². The van der Waals surface area contributed by atoms with Crippen molar-refractivity contribution in [3.8, 4) is 5.75 Å². The maximum atomic E-state index is 13.8. The van der Waals surface area contributed by atoms with Crippen molar-refractivity contribution < 1.29 is 27.1 Å². The summed E-state index contributed by atoms with van der Waals surface area (Å²) < 4.78 is 47.7. The Morgan fingerprint density at radius 3 is 2.21 bits per heavy atom. The van der Waals surface area contributed by atoms with Crippen LogP contribution >= 0.6 is 0 Å². The number of sulfonamides is 1. The van der Waals surface area contributed by atoms with Crippen LogP contribution in [0.5, 0.6) is 5.75 Å². The zero-order valence-electron chi connectivity index (χ0n) is 22.6. The van der Waals surface area contributed by atoms with E-state index in [-0.39, 0.29) is 23.0 Å². The van der Waals surface area contributed by atoms with Gasteiger partial charge < -0.3 is 15.0 Å². The average Bonchev–Trinajstić information content (AvgIpc) is 2.92. The van der Waals surface area contributed by atoms with E-state index in [9.17, 15) is 22.4 Å². The van der Waals surface area contributed by atoms with Gasteiger partial charge in [0.05, 0.1) is 17.2 Å². The van der Waals surface area contributed by atoms with Gasteiger partial charge in [0.25, 0.3) is 10.0 Å². The molecule has 0 aliphatic heterocycles. The van der Waals surface area contributed by atoms with Crippen molar-refractivity contribution in [1.29, 1.82) is 0 Å². The summed E-state index contributed by atoms with van der Waals surface area (Å²) in [6.45, 7) is 7.39. The average molecular weight is 556 g/mol. The van der Waals surface area contributed by atoms with Gasteiger partial charge in [-0.05, 0) is 87.4 Å². The van der Waals surface area contributed by atoms with Crippen LogP contribution in [0.2, 0.25) is 0 Å². The molecule has 10 heteroatoms. The van der Waals surface area contributed by atoms with E-state index < -0.39 is 34.3 Å². The van der Waals surface area contributed by atoms with Gasteiger partial charge in [-0.15, -0.1) is 0 Å². The van der Waals surface area contributed by atoms with Crippen LogP contribution in [0.25, 0.3) is 0 Å². The highest BCUT2D eigenvalue weighted by atomic mass is 32.2. The Bertz CT molecular complexity index is 1380. The van der Waals surface area contributed by atoms with Crippen LogP contribution in [0.4, 0.5) is 10.1 Å². The number of aryl methyl sites for hydroxylation is 1. The van der Waals surface area contributed by atoms with Crippen molar-refractivity contribution in [2.24, 2.45) is 0 Å². The molecule has 0 bridgehead atoms. The standard InChI is InChI=1S/C29H34FN3O5S/c1-5-31-29(35)22(4)32(19-23-10-8-7-9-21(23)3)28(34)20-33(25-13-11-24(30)12-14-25)39(36,37)27-17-15-26(16-18-27)38-6-2/h7-18,22H,5-6,19-20H2,1-4H3,(H,31,35)/t22-/m0/s1. The van der Waals surface area contributed by atoms with E-state index in [4.69, 9.17) is 4.74 Å². The Kier molecular flexibility index (Phi) is 10.1. The zero-order chi connectivity index (χ0) is 28.6. The molecule has 3 aromatic carbocycles. The second-order valence-corrected chi connectivity index (χ2v) is 10.8.